The molecular formula is C16H16N2O. The molecule has 3 heteroatoms. The van der Waals surface area contributed by atoms with E-state index in [0.29, 0.717) is 5.39 Å². The zero-order valence-corrected chi connectivity index (χ0v) is 11.6. The summed E-state index contributed by atoms with van der Waals surface area (Å²) in [4.78, 5) is 16.4. The molecule has 0 fully saturated rings. The number of aromatic nitrogens is 2. The number of hydrogen-bond acceptors (Lipinski definition) is 2. The molecule has 0 spiro atoms. The fourth-order valence-corrected chi connectivity index (χ4v) is 2.84. The highest BCUT2D eigenvalue weighted by atomic mass is 16.1. The van der Waals surface area contributed by atoms with Gasteiger partial charge in [0.15, 0.2) is 0 Å². The molecule has 2 aromatic heterocycles. The molecule has 0 N–H and O–H groups in total. The highest BCUT2D eigenvalue weighted by Gasteiger charge is 2.10. The second-order valence-electron chi connectivity index (χ2n) is 5.26. The Morgan fingerprint density at radius 3 is 2.37 bits per heavy atom. The fourth-order valence-electron chi connectivity index (χ4n) is 2.84. The first-order chi connectivity index (χ1) is 8.97. The maximum absolute atomic E-state index is 12.2. The van der Waals surface area contributed by atoms with Crippen LogP contribution in [0.15, 0.2) is 29.1 Å². The molecule has 0 atom stereocenters. The van der Waals surface area contributed by atoms with Gasteiger partial charge >= 0.3 is 0 Å². The molecule has 3 aromatic rings. The summed E-state index contributed by atoms with van der Waals surface area (Å²) in [6, 6.07) is 8.09. The Hall–Kier alpha value is -2.16. The number of pyridine rings is 1. The lowest BCUT2D eigenvalue weighted by Crippen LogP contribution is -2.13. The van der Waals surface area contributed by atoms with Crippen molar-refractivity contribution in [2.24, 2.45) is 0 Å². The van der Waals surface area contributed by atoms with Crippen LogP contribution in [-0.2, 0) is 0 Å². The smallest absolute Gasteiger partial charge is 0.281 e. The van der Waals surface area contributed by atoms with Gasteiger partial charge < -0.3 is 0 Å². The Kier molecular flexibility index (Phi) is 2.45. The first-order valence-corrected chi connectivity index (χ1v) is 6.38. The molecular weight excluding hydrogens is 236 g/mol. The molecule has 1 aromatic carbocycles. The molecule has 96 valence electrons. The van der Waals surface area contributed by atoms with Gasteiger partial charge in [0.25, 0.3) is 5.56 Å². The third kappa shape index (κ3) is 1.73. The summed E-state index contributed by atoms with van der Waals surface area (Å²) < 4.78 is 2.07. The van der Waals surface area contributed by atoms with Crippen molar-refractivity contribution in [3.05, 3.63) is 57.0 Å². The van der Waals surface area contributed by atoms with Crippen LogP contribution in [0, 0.1) is 27.7 Å². The summed E-state index contributed by atoms with van der Waals surface area (Å²) in [5, 5.41) is 0.696. The Morgan fingerprint density at radius 2 is 1.63 bits per heavy atom. The number of fused-ring (bicyclic) bond motifs is 3. The highest BCUT2D eigenvalue weighted by Crippen LogP contribution is 2.20. The zero-order chi connectivity index (χ0) is 13.7. The Balaban J connectivity index is 2.70. The summed E-state index contributed by atoms with van der Waals surface area (Å²) in [5.74, 6) is 0. The van der Waals surface area contributed by atoms with E-state index in [-0.39, 0.29) is 5.56 Å². The van der Waals surface area contributed by atoms with Crippen LogP contribution in [-0.4, -0.2) is 9.38 Å². The minimum atomic E-state index is -0.146. The van der Waals surface area contributed by atoms with E-state index in [2.05, 4.69) is 21.5 Å². The Labute approximate surface area is 111 Å². The minimum absolute atomic E-state index is 0.146. The number of hydrogen-bond donors (Lipinski definition) is 0. The van der Waals surface area contributed by atoms with Crippen LogP contribution in [0.25, 0.3) is 16.6 Å². The average molecular weight is 252 g/mol. The van der Waals surface area contributed by atoms with E-state index in [1.54, 1.807) is 0 Å². The predicted octanol–water partition coefficient (Wildman–Crippen LogP) is 3.08. The third-order valence-corrected chi connectivity index (χ3v) is 3.49. The van der Waals surface area contributed by atoms with Gasteiger partial charge in [0.2, 0.25) is 0 Å². The highest BCUT2D eigenvalue weighted by molar-refractivity contribution is 5.84. The van der Waals surface area contributed by atoms with Crippen molar-refractivity contribution in [1.82, 2.24) is 9.38 Å². The van der Waals surface area contributed by atoms with Crippen LogP contribution < -0.4 is 5.56 Å². The van der Waals surface area contributed by atoms with Gasteiger partial charge in [-0.1, -0.05) is 6.07 Å². The maximum atomic E-state index is 12.2. The van der Waals surface area contributed by atoms with E-state index in [1.165, 1.54) is 0 Å². The first kappa shape index (κ1) is 11.9. The van der Waals surface area contributed by atoms with Crippen LogP contribution in [0.1, 0.15) is 22.4 Å². The molecule has 0 unspecified atom stereocenters. The second-order valence-corrected chi connectivity index (χ2v) is 5.26. The van der Waals surface area contributed by atoms with Gasteiger partial charge in [0, 0.05) is 5.69 Å². The molecule has 0 aliphatic carbocycles. The summed E-state index contributed by atoms with van der Waals surface area (Å²) in [6.45, 7) is 8.11. The van der Waals surface area contributed by atoms with Gasteiger partial charge in [-0.3, -0.25) is 9.20 Å². The molecule has 3 nitrogen and oxygen atoms in total. The summed E-state index contributed by atoms with van der Waals surface area (Å²) in [6.07, 6.45) is 0. The van der Waals surface area contributed by atoms with E-state index in [4.69, 9.17) is 0 Å². The molecule has 0 saturated heterocycles. The van der Waals surface area contributed by atoms with Crippen LogP contribution in [0.5, 0.6) is 0 Å². The minimum Gasteiger partial charge on any atom is -0.298 e. The van der Waals surface area contributed by atoms with Crippen molar-refractivity contribution in [3.63, 3.8) is 0 Å². The van der Waals surface area contributed by atoms with E-state index in [1.807, 2.05) is 39.8 Å². The van der Waals surface area contributed by atoms with Crippen molar-refractivity contribution in [3.8, 4) is 0 Å². The van der Waals surface area contributed by atoms with Gasteiger partial charge in [-0.25, -0.2) is 0 Å². The van der Waals surface area contributed by atoms with Crippen LogP contribution in [0.2, 0.25) is 0 Å². The summed E-state index contributed by atoms with van der Waals surface area (Å²) in [5.41, 5.74) is 5.96. The first-order valence-electron chi connectivity index (χ1n) is 6.38. The molecule has 2 heterocycles. The lowest BCUT2D eigenvalue weighted by molar-refractivity contribution is 1.05. The molecule has 0 bridgehead atoms. The number of aryl methyl sites for hydroxylation is 4. The average Bonchev–Trinajstić information content (AvgIpc) is 2.29. The lowest BCUT2D eigenvalue weighted by atomic mass is 10.1. The van der Waals surface area contributed by atoms with Crippen LogP contribution in [0.4, 0.5) is 0 Å². The second kappa shape index (κ2) is 3.92. The largest absolute Gasteiger partial charge is 0.298 e. The monoisotopic (exact) mass is 252 g/mol. The molecule has 0 aliphatic heterocycles. The van der Waals surface area contributed by atoms with Crippen LogP contribution >= 0.6 is 0 Å². The number of rotatable bonds is 0. The van der Waals surface area contributed by atoms with Crippen molar-refractivity contribution in [2.45, 2.75) is 27.7 Å². The molecule has 19 heavy (non-hydrogen) atoms. The van der Waals surface area contributed by atoms with Gasteiger partial charge in [-0.05, 0) is 62.6 Å². The fraction of sp³-hybridized carbons (Fsp3) is 0.250. The number of benzene rings is 1. The van der Waals surface area contributed by atoms with Gasteiger partial charge in [-0.2, -0.15) is 4.98 Å². The summed E-state index contributed by atoms with van der Waals surface area (Å²) in [7, 11) is 0. The van der Waals surface area contributed by atoms with Crippen molar-refractivity contribution in [2.75, 3.05) is 0 Å². The van der Waals surface area contributed by atoms with Gasteiger partial charge in [0.1, 0.15) is 5.65 Å². The van der Waals surface area contributed by atoms with Crippen molar-refractivity contribution in [1.29, 1.82) is 0 Å². The maximum Gasteiger partial charge on any atom is 0.281 e. The van der Waals surface area contributed by atoms with E-state index < -0.39 is 0 Å². The Morgan fingerprint density at radius 1 is 0.947 bits per heavy atom. The molecule has 0 radical (unpaired) electrons. The van der Waals surface area contributed by atoms with E-state index in [0.717, 1.165) is 33.5 Å². The number of nitrogens with zero attached hydrogens (tertiary/aromatic N) is 2. The molecule has 0 amide bonds. The molecule has 3 rings (SSSR count). The quantitative estimate of drug-likeness (QED) is 0.576. The van der Waals surface area contributed by atoms with E-state index >= 15 is 0 Å². The van der Waals surface area contributed by atoms with E-state index in [9.17, 15) is 4.79 Å². The van der Waals surface area contributed by atoms with Crippen molar-refractivity contribution < 1.29 is 0 Å². The van der Waals surface area contributed by atoms with Crippen molar-refractivity contribution >= 4 is 16.6 Å². The Bertz CT molecular complexity index is 875. The molecule has 0 aliphatic rings. The predicted molar refractivity (Wildman–Crippen MR) is 77.9 cm³/mol. The zero-order valence-electron chi connectivity index (χ0n) is 11.6. The molecule has 0 saturated carbocycles. The van der Waals surface area contributed by atoms with Gasteiger partial charge in [0.05, 0.1) is 10.9 Å². The SMILES string of the molecule is Cc1cc(C)c2c(c1)c(=O)nc1cc(C)cc(C)n12. The normalized spacial score (nSPS) is 11.4. The van der Waals surface area contributed by atoms with Crippen LogP contribution in [0.3, 0.4) is 0 Å². The topological polar surface area (TPSA) is 34.4 Å². The van der Waals surface area contributed by atoms with Gasteiger partial charge in [-0.15, -0.1) is 0 Å². The summed E-state index contributed by atoms with van der Waals surface area (Å²) >= 11 is 0. The third-order valence-electron chi connectivity index (χ3n) is 3.49. The lowest BCUT2D eigenvalue weighted by Gasteiger charge is -2.12. The standard InChI is InChI=1S/C16H16N2O/c1-9-5-11(3)15-13(7-9)16(19)17-14-8-10(2)6-12(4)18(14)15/h5-8H,1-4H3.